The number of nitrogens with one attached hydrogen (secondary N) is 2. The van der Waals surface area contributed by atoms with Gasteiger partial charge in [0.1, 0.15) is 11.5 Å². The summed E-state index contributed by atoms with van der Waals surface area (Å²) in [5.41, 5.74) is 0.256. The van der Waals surface area contributed by atoms with Crippen LogP contribution in [0.15, 0.2) is 12.1 Å². The van der Waals surface area contributed by atoms with Gasteiger partial charge in [-0.25, -0.2) is 4.98 Å². The summed E-state index contributed by atoms with van der Waals surface area (Å²) in [6.45, 7) is 5.29. The van der Waals surface area contributed by atoms with Gasteiger partial charge in [0.2, 0.25) is 0 Å². The van der Waals surface area contributed by atoms with Gasteiger partial charge in [-0.1, -0.05) is 11.6 Å². The first kappa shape index (κ1) is 15.7. The largest absolute Gasteiger partial charge is 0.370 e. The molecule has 106 valence electrons. The summed E-state index contributed by atoms with van der Waals surface area (Å²) in [5.74, 6) is 0.399. The first-order valence-corrected chi connectivity index (χ1v) is 6.68. The van der Waals surface area contributed by atoms with Gasteiger partial charge in [-0.15, -0.1) is 0 Å². The molecule has 2 N–H and O–H groups in total. The van der Waals surface area contributed by atoms with Crippen molar-refractivity contribution in [3.8, 4) is 0 Å². The number of rotatable bonds is 6. The zero-order valence-corrected chi connectivity index (χ0v) is 12.6. The molecule has 5 nitrogen and oxygen atoms in total. The van der Waals surface area contributed by atoms with Crippen molar-refractivity contribution in [2.75, 3.05) is 32.5 Å². The van der Waals surface area contributed by atoms with E-state index in [-0.39, 0.29) is 17.6 Å². The van der Waals surface area contributed by atoms with Crippen LogP contribution in [0.25, 0.3) is 0 Å². The lowest BCUT2D eigenvalue weighted by Gasteiger charge is -2.20. The summed E-state index contributed by atoms with van der Waals surface area (Å²) in [4.78, 5) is 18.3. The van der Waals surface area contributed by atoms with Crippen molar-refractivity contribution in [2.45, 2.75) is 19.9 Å². The van der Waals surface area contributed by atoms with Crippen LogP contribution in [-0.4, -0.2) is 49.0 Å². The lowest BCUT2D eigenvalue weighted by Crippen LogP contribution is -2.38. The van der Waals surface area contributed by atoms with Gasteiger partial charge in [-0.3, -0.25) is 4.79 Å². The van der Waals surface area contributed by atoms with E-state index in [1.54, 1.807) is 12.1 Å². The maximum Gasteiger partial charge on any atom is 0.271 e. The summed E-state index contributed by atoms with van der Waals surface area (Å²) in [6.07, 6.45) is 0. The molecule has 1 heterocycles. The summed E-state index contributed by atoms with van der Waals surface area (Å²) in [7, 11) is 3.93. The van der Waals surface area contributed by atoms with Gasteiger partial charge in [0.25, 0.3) is 5.91 Å². The van der Waals surface area contributed by atoms with Crippen LogP contribution in [0, 0.1) is 0 Å². The third kappa shape index (κ3) is 4.69. The van der Waals surface area contributed by atoms with E-state index in [2.05, 4.69) is 15.6 Å². The Morgan fingerprint density at radius 3 is 2.74 bits per heavy atom. The zero-order valence-electron chi connectivity index (χ0n) is 11.8. The van der Waals surface area contributed by atoms with Gasteiger partial charge in [0, 0.05) is 19.1 Å². The van der Waals surface area contributed by atoms with E-state index >= 15 is 0 Å². The number of anilines is 1. The molecule has 1 aromatic rings. The van der Waals surface area contributed by atoms with Crippen molar-refractivity contribution >= 4 is 23.3 Å². The summed E-state index contributed by atoms with van der Waals surface area (Å²) >= 11 is 6.01. The Morgan fingerprint density at radius 1 is 1.47 bits per heavy atom. The molecule has 1 atom stereocenters. The van der Waals surface area contributed by atoms with Crippen molar-refractivity contribution < 1.29 is 4.79 Å². The number of hydrogen-bond donors (Lipinski definition) is 2. The van der Waals surface area contributed by atoms with Gasteiger partial charge in [-0.2, -0.15) is 0 Å². The predicted molar refractivity (Wildman–Crippen MR) is 78.9 cm³/mol. The molecule has 1 unspecified atom stereocenters. The maximum atomic E-state index is 12.0. The smallest absolute Gasteiger partial charge is 0.271 e. The number of halogens is 1. The minimum absolute atomic E-state index is 0.250. The number of hydrogen-bond acceptors (Lipinski definition) is 4. The molecule has 0 saturated heterocycles. The van der Waals surface area contributed by atoms with Crippen molar-refractivity contribution in [3.05, 3.63) is 22.8 Å². The Morgan fingerprint density at radius 2 is 2.16 bits per heavy atom. The van der Waals surface area contributed by atoms with Gasteiger partial charge >= 0.3 is 0 Å². The van der Waals surface area contributed by atoms with E-state index < -0.39 is 0 Å². The number of likely N-dealkylation sites (N-methyl/N-ethyl adjacent to an activating group) is 1. The molecule has 0 saturated carbocycles. The topological polar surface area (TPSA) is 57.3 Å². The SMILES string of the molecule is CCNc1ccc(Cl)c(C(=O)NCC(C)N(C)C)n1. The highest BCUT2D eigenvalue weighted by Gasteiger charge is 2.14. The number of carbonyl (C=O) groups is 1. The molecule has 0 aliphatic carbocycles. The highest BCUT2D eigenvalue weighted by Crippen LogP contribution is 2.16. The fraction of sp³-hybridized carbons (Fsp3) is 0.538. The average molecular weight is 285 g/mol. The molecule has 19 heavy (non-hydrogen) atoms. The Kier molecular flexibility index (Phi) is 6.05. The second kappa shape index (κ2) is 7.31. The molecule has 0 bridgehead atoms. The van der Waals surface area contributed by atoms with Crippen LogP contribution in [0.5, 0.6) is 0 Å². The standard InChI is InChI=1S/C13H21ClN4O/c1-5-15-11-7-6-10(14)12(17-11)13(19)16-8-9(2)18(3)4/h6-7,9H,5,8H2,1-4H3,(H,15,17)(H,16,19). The van der Waals surface area contributed by atoms with Crippen LogP contribution >= 0.6 is 11.6 Å². The van der Waals surface area contributed by atoms with E-state index in [0.29, 0.717) is 17.4 Å². The fourth-order valence-corrected chi connectivity index (χ4v) is 1.58. The molecular weight excluding hydrogens is 264 g/mol. The molecule has 6 heteroatoms. The van der Waals surface area contributed by atoms with Crippen molar-refractivity contribution in [1.82, 2.24) is 15.2 Å². The van der Waals surface area contributed by atoms with Crippen LogP contribution < -0.4 is 10.6 Å². The van der Waals surface area contributed by atoms with Crippen LogP contribution in [-0.2, 0) is 0 Å². The molecular formula is C13H21ClN4O. The zero-order chi connectivity index (χ0) is 14.4. The fourth-order valence-electron chi connectivity index (χ4n) is 1.39. The van der Waals surface area contributed by atoms with Crippen LogP contribution in [0.3, 0.4) is 0 Å². The Balaban J connectivity index is 2.73. The monoisotopic (exact) mass is 284 g/mol. The third-order valence-electron chi connectivity index (χ3n) is 2.86. The molecule has 0 fully saturated rings. The van der Waals surface area contributed by atoms with Crippen LogP contribution in [0.4, 0.5) is 5.82 Å². The Hall–Kier alpha value is -1.33. The van der Waals surface area contributed by atoms with Crippen molar-refractivity contribution in [2.24, 2.45) is 0 Å². The minimum Gasteiger partial charge on any atom is -0.370 e. The molecule has 1 amide bonds. The van der Waals surface area contributed by atoms with E-state index in [4.69, 9.17) is 11.6 Å². The first-order valence-electron chi connectivity index (χ1n) is 6.30. The average Bonchev–Trinajstić information content (AvgIpc) is 2.37. The number of aromatic nitrogens is 1. The number of carbonyl (C=O) groups excluding carboxylic acids is 1. The normalized spacial score (nSPS) is 12.3. The number of pyridine rings is 1. The van der Waals surface area contributed by atoms with Gasteiger partial charge in [0.05, 0.1) is 5.02 Å². The molecule has 1 rings (SSSR count). The Labute approximate surface area is 119 Å². The van der Waals surface area contributed by atoms with Gasteiger partial charge in [-0.05, 0) is 40.1 Å². The number of amides is 1. The lowest BCUT2D eigenvalue weighted by atomic mass is 10.3. The Bertz CT molecular complexity index is 437. The summed E-state index contributed by atoms with van der Waals surface area (Å²) in [6, 6.07) is 3.68. The minimum atomic E-state index is -0.251. The third-order valence-corrected chi connectivity index (χ3v) is 3.16. The summed E-state index contributed by atoms with van der Waals surface area (Å²) < 4.78 is 0. The van der Waals surface area contributed by atoms with E-state index in [1.165, 1.54) is 0 Å². The quantitative estimate of drug-likeness (QED) is 0.837. The van der Waals surface area contributed by atoms with E-state index in [1.807, 2.05) is 32.8 Å². The molecule has 0 aliphatic rings. The maximum absolute atomic E-state index is 12.0. The lowest BCUT2D eigenvalue weighted by molar-refractivity contribution is 0.0939. The summed E-state index contributed by atoms with van der Waals surface area (Å²) in [5, 5.41) is 6.25. The predicted octanol–water partition coefficient (Wildman–Crippen LogP) is 1.85. The van der Waals surface area contributed by atoms with Crippen LogP contribution in [0.1, 0.15) is 24.3 Å². The first-order chi connectivity index (χ1) is 8.95. The molecule has 0 aromatic carbocycles. The second-order valence-electron chi connectivity index (χ2n) is 4.58. The van der Waals surface area contributed by atoms with Gasteiger partial charge < -0.3 is 15.5 Å². The van der Waals surface area contributed by atoms with Gasteiger partial charge in [0.15, 0.2) is 0 Å². The van der Waals surface area contributed by atoms with E-state index in [0.717, 1.165) is 6.54 Å². The highest BCUT2D eigenvalue weighted by atomic mass is 35.5. The van der Waals surface area contributed by atoms with E-state index in [9.17, 15) is 4.79 Å². The molecule has 1 aromatic heterocycles. The number of nitrogens with zero attached hydrogens (tertiary/aromatic N) is 2. The molecule has 0 spiro atoms. The van der Waals surface area contributed by atoms with Crippen molar-refractivity contribution in [1.29, 1.82) is 0 Å². The van der Waals surface area contributed by atoms with Crippen molar-refractivity contribution in [3.63, 3.8) is 0 Å². The second-order valence-corrected chi connectivity index (χ2v) is 4.99. The molecule has 0 radical (unpaired) electrons. The highest BCUT2D eigenvalue weighted by molar-refractivity contribution is 6.33. The molecule has 0 aliphatic heterocycles. The van der Waals surface area contributed by atoms with Crippen LogP contribution in [0.2, 0.25) is 5.02 Å².